The number of aldehydes is 1. The van der Waals surface area contributed by atoms with E-state index in [4.69, 9.17) is 5.73 Å². The smallest absolute Gasteiger partial charge is 0.159 e. The molecule has 0 bridgehead atoms. The summed E-state index contributed by atoms with van der Waals surface area (Å²) in [4.78, 5) is 10.1. The molecule has 0 saturated carbocycles. The van der Waals surface area contributed by atoms with E-state index in [1.54, 1.807) is 19.1 Å². The van der Waals surface area contributed by atoms with E-state index < -0.39 is 0 Å². The van der Waals surface area contributed by atoms with Crippen molar-refractivity contribution in [3.63, 3.8) is 0 Å². The Hall–Kier alpha value is -0.840. The molecule has 62 valence electrons. The second-order valence-corrected chi connectivity index (χ2v) is 2.87. The minimum absolute atomic E-state index is 0.308. The second-order valence-electron chi connectivity index (χ2n) is 2.01. The highest BCUT2D eigenvalue weighted by Gasteiger charge is 1.93. The van der Waals surface area contributed by atoms with Crippen LogP contribution in [0.4, 0.5) is 0 Å². The van der Waals surface area contributed by atoms with Crippen LogP contribution in [0.2, 0.25) is 0 Å². The summed E-state index contributed by atoms with van der Waals surface area (Å²) in [5, 5.41) is 5.41. The summed E-state index contributed by atoms with van der Waals surface area (Å²) >= 11 is 2.97. The van der Waals surface area contributed by atoms with Crippen LogP contribution in [0, 0.1) is 0 Å². The Morgan fingerprint density at radius 1 is 1.64 bits per heavy atom. The van der Waals surface area contributed by atoms with Gasteiger partial charge in [-0.2, -0.15) is 5.10 Å². The predicted molar refractivity (Wildman–Crippen MR) is 48.4 cm³/mol. The third kappa shape index (κ3) is 4.55. The fourth-order valence-electron chi connectivity index (χ4n) is 0.307. The van der Waals surface area contributed by atoms with Crippen molar-refractivity contribution in [1.82, 2.24) is 5.01 Å². The molecule has 0 aliphatic carbocycles. The zero-order valence-electron chi connectivity index (χ0n) is 6.41. The van der Waals surface area contributed by atoms with Crippen molar-refractivity contribution in [3.05, 3.63) is 10.2 Å². The van der Waals surface area contributed by atoms with E-state index in [0.717, 1.165) is 0 Å². The Morgan fingerprint density at radius 2 is 2.18 bits per heavy atom. The SMILES string of the molecule is CN(C)/N=C\C(N)=C(\Br)C=O. The van der Waals surface area contributed by atoms with Gasteiger partial charge >= 0.3 is 0 Å². The summed E-state index contributed by atoms with van der Waals surface area (Å²) in [6.07, 6.45) is 2.02. The first-order chi connectivity index (χ1) is 5.07. The molecular formula is C6H10BrN3O. The first-order valence-electron chi connectivity index (χ1n) is 2.89. The molecule has 0 aromatic carbocycles. The average Bonchev–Trinajstić information content (AvgIpc) is 1.98. The molecule has 0 aliphatic rings. The van der Waals surface area contributed by atoms with Gasteiger partial charge in [-0.05, 0) is 15.9 Å². The lowest BCUT2D eigenvalue weighted by molar-refractivity contribution is -0.104. The molecule has 0 radical (unpaired) electrons. The first-order valence-corrected chi connectivity index (χ1v) is 3.69. The lowest BCUT2D eigenvalue weighted by Crippen LogP contribution is -2.07. The number of nitrogens with two attached hydrogens (primary N) is 1. The van der Waals surface area contributed by atoms with Crippen molar-refractivity contribution in [2.75, 3.05) is 14.1 Å². The summed E-state index contributed by atoms with van der Waals surface area (Å²) in [7, 11) is 3.52. The van der Waals surface area contributed by atoms with E-state index >= 15 is 0 Å². The zero-order valence-corrected chi connectivity index (χ0v) is 8.00. The number of rotatable bonds is 3. The summed E-state index contributed by atoms with van der Waals surface area (Å²) in [6, 6.07) is 0. The van der Waals surface area contributed by atoms with Gasteiger partial charge < -0.3 is 10.7 Å². The molecule has 5 heteroatoms. The molecule has 0 saturated heterocycles. The summed E-state index contributed by atoms with van der Waals surface area (Å²) < 4.78 is 0.308. The summed E-state index contributed by atoms with van der Waals surface area (Å²) in [5.41, 5.74) is 5.72. The van der Waals surface area contributed by atoms with Crippen molar-refractivity contribution in [2.45, 2.75) is 0 Å². The second kappa shape index (κ2) is 4.90. The van der Waals surface area contributed by atoms with E-state index in [-0.39, 0.29) is 0 Å². The third-order valence-corrected chi connectivity index (χ3v) is 1.45. The fourth-order valence-corrected chi connectivity index (χ4v) is 0.410. The average molecular weight is 220 g/mol. The molecule has 11 heavy (non-hydrogen) atoms. The van der Waals surface area contributed by atoms with Gasteiger partial charge in [-0.25, -0.2) is 0 Å². The number of halogens is 1. The normalized spacial score (nSPS) is 13.0. The maximum absolute atomic E-state index is 10.1. The van der Waals surface area contributed by atoms with Gasteiger partial charge in [-0.3, -0.25) is 4.79 Å². The molecular weight excluding hydrogens is 210 g/mol. The number of hydrogen-bond donors (Lipinski definition) is 1. The highest BCUT2D eigenvalue weighted by atomic mass is 79.9. The Labute approximate surface area is 73.9 Å². The van der Waals surface area contributed by atoms with E-state index in [0.29, 0.717) is 16.5 Å². The van der Waals surface area contributed by atoms with Crippen molar-refractivity contribution < 1.29 is 4.79 Å². The number of carbonyl (C=O) groups is 1. The fraction of sp³-hybridized carbons (Fsp3) is 0.333. The van der Waals surface area contributed by atoms with Gasteiger partial charge in [0.1, 0.15) is 0 Å². The lowest BCUT2D eigenvalue weighted by Gasteiger charge is -2.01. The lowest BCUT2D eigenvalue weighted by atomic mass is 10.4. The summed E-state index contributed by atoms with van der Waals surface area (Å²) in [5.74, 6) is 0. The van der Waals surface area contributed by atoms with Gasteiger partial charge in [0.15, 0.2) is 6.29 Å². The number of allylic oxidation sites excluding steroid dienone is 2. The Kier molecular flexibility index (Phi) is 4.52. The number of nitrogens with zero attached hydrogens (tertiary/aromatic N) is 2. The van der Waals surface area contributed by atoms with Crippen LogP contribution in [0.1, 0.15) is 0 Å². The largest absolute Gasteiger partial charge is 0.396 e. The van der Waals surface area contributed by atoms with Crippen molar-refractivity contribution in [2.24, 2.45) is 10.8 Å². The molecule has 2 N–H and O–H groups in total. The molecule has 0 aliphatic heterocycles. The van der Waals surface area contributed by atoms with Gasteiger partial charge in [0.05, 0.1) is 16.4 Å². The van der Waals surface area contributed by atoms with Crippen LogP contribution < -0.4 is 5.73 Å². The zero-order chi connectivity index (χ0) is 8.85. The molecule has 0 spiro atoms. The Morgan fingerprint density at radius 3 is 2.55 bits per heavy atom. The van der Waals surface area contributed by atoms with E-state index in [1.807, 2.05) is 0 Å². The molecule has 0 aromatic heterocycles. The van der Waals surface area contributed by atoms with Crippen LogP contribution in [0.15, 0.2) is 15.3 Å². The highest BCUT2D eigenvalue weighted by molar-refractivity contribution is 9.12. The van der Waals surface area contributed by atoms with Crippen LogP contribution in [0.5, 0.6) is 0 Å². The topological polar surface area (TPSA) is 58.7 Å². The minimum Gasteiger partial charge on any atom is -0.396 e. The molecule has 0 amide bonds. The van der Waals surface area contributed by atoms with Gasteiger partial charge in [-0.1, -0.05) is 0 Å². The van der Waals surface area contributed by atoms with E-state index in [2.05, 4.69) is 21.0 Å². The van der Waals surface area contributed by atoms with Crippen molar-refractivity contribution >= 4 is 28.4 Å². The predicted octanol–water partition coefficient (Wildman–Crippen LogP) is 0.298. The maximum Gasteiger partial charge on any atom is 0.159 e. The molecule has 0 aromatic rings. The molecule has 0 unspecified atom stereocenters. The summed E-state index contributed by atoms with van der Waals surface area (Å²) in [6.45, 7) is 0. The van der Waals surface area contributed by atoms with Gasteiger partial charge in [0.2, 0.25) is 0 Å². The molecule has 0 fully saturated rings. The van der Waals surface area contributed by atoms with Crippen LogP contribution in [0.3, 0.4) is 0 Å². The quantitative estimate of drug-likeness (QED) is 0.322. The molecule has 0 heterocycles. The maximum atomic E-state index is 10.1. The van der Waals surface area contributed by atoms with Gasteiger partial charge in [0.25, 0.3) is 0 Å². The minimum atomic E-state index is 0.308. The van der Waals surface area contributed by atoms with Crippen LogP contribution in [-0.2, 0) is 4.79 Å². The van der Waals surface area contributed by atoms with Crippen molar-refractivity contribution in [3.8, 4) is 0 Å². The Balaban J connectivity index is 4.26. The van der Waals surface area contributed by atoms with Gasteiger partial charge in [0, 0.05) is 14.1 Å². The van der Waals surface area contributed by atoms with Gasteiger partial charge in [-0.15, -0.1) is 0 Å². The van der Waals surface area contributed by atoms with Crippen LogP contribution >= 0.6 is 15.9 Å². The number of carbonyl (C=O) groups excluding carboxylic acids is 1. The van der Waals surface area contributed by atoms with Crippen LogP contribution in [0.25, 0.3) is 0 Å². The molecule has 0 rings (SSSR count). The van der Waals surface area contributed by atoms with E-state index in [1.165, 1.54) is 6.21 Å². The first kappa shape index (κ1) is 10.2. The third-order valence-electron chi connectivity index (χ3n) is 0.807. The monoisotopic (exact) mass is 219 g/mol. The molecule has 0 atom stereocenters. The van der Waals surface area contributed by atoms with E-state index in [9.17, 15) is 4.79 Å². The number of hydrogen-bond acceptors (Lipinski definition) is 4. The molecule has 4 nitrogen and oxygen atoms in total. The van der Waals surface area contributed by atoms with Crippen LogP contribution in [-0.4, -0.2) is 31.6 Å². The highest BCUT2D eigenvalue weighted by Crippen LogP contribution is 2.01. The number of hydrazone groups is 1. The Bertz CT molecular complexity index is 198. The van der Waals surface area contributed by atoms with Crippen molar-refractivity contribution in [1.29, 1.82) is 0 Å². The standard InChI is InChI=1S/C6H10BrN3O/c1-10(2)9-3-6(8)5(7)4-11/h3-4H,8H2,1-2H3/b6-5-,9-3-.